The van der Waals surface area contributed by atoms with Crippen molar-refractivity contribution >= 4 is 23.1 Å². The highest BCUT2D eigenvalue weighted by molar-refractivity contribution is 7.71. The molecule has 0 aliphatic carbocycles. The van der Waals surface area contributed by atoms with Gasteiger partial charge in [0, 0.05) is 35.1 Å². The maximum absolute atomic E-state index is 11.0. The highest BCUT2D eigenvalue weighted by Gasteiger charge is 2.35. The second-order valence-corrected chi connectivity index (χ2v) is 7.57. The van der Waals surface area contributed by atoms with Crippen molar-refractivity contribution in [2.24, 2.45) is 0 Å². The Morgan fingerprint density at radius 3 is 2.79 bits per heavy atom. The van der Waals surface area contributed by atoms with Crippen molar-refractivity contribution in [3.05, 3.63) is 88.5 Å². The number of aromatic amines is 1. The Morgan fingerprint density at radius 1 is 1.24 bits per heavy atom. The molecule has 4 aromatic rings. The van der Waals surface area contributed by atoms with Crippen LogP contribution >= 0.6 is 12.2 Å². The van der Waals surface area contributed by atoms with E-state index in [-0.39, 0.29) is 11.9 Å². The highest BCUT2D eigenvalue weighted by Crippen LogP contribution is 2.44. The number of methoxy groups -OCH3 is 1. The third-order valence-electron chi connectivity index (χ3n) is 5.71. The molecule has 2 aromatic heterocycles. The van der Waals surface area contributed by atoms with Crippen LogP contribution in [0.15, 0.2) is 61.2 Å². The lowest BCUT2D eigenvalue weighted by molar-refractivity contribution is 0.402. The predicted molar refractivity (Wildman–Crippen MR) is 116 cm³/mol. The minimum absolute atomic E-state index is 0.200. The van der Waals surface area contributed by atoms with Gasteiger partial charge in [0.1, 0.15) is 11.8 Å². The molecule has 5 rings (SSSR count). The van der Waals surface area contributed by atoms with Crippen LogP contribution in [0.1, 0.15) is 28.6 Å². The van der Waals surface area contributed by atoms with E-state index in [1.165, 1.54) is 5.56 Å². The van der Waals surface area contributed by atoms with Crippen molar-refractivity contribution in [1.29, 1.82) is 0 Å². The Morgan fingerprint density at radius 2 is 2.00 bits per heavy atom. The molecule has 6 heteroatoms. The van der Waals surface area contributed by atoms with E-state index in [1.54, 1.807) is 17.8 Å². The summed E-state index contributed by atoms with van der Waals surface area (Å²) >= 11 is 5.80. The second kappa shape index (κ2) is 6.67. The standard InChI is InChI=1S/C23H21N3O2S/c1-3-12-25-22(27)18-13-16-14-8-4-6-10-17(14)24-20(16)21(26(18)23(25)29)15-9-5-7-11-19(15)28-2/h3-11,21,24,27H,1,12-13H2,2H3. The maximum atomic E-state index is 11.0. The lowest BCUT2D eigenvalue weighted by atomic mass is 9.92. The quantitative estimate of drug-likeness (QED) is 0.330. The minimum Gasteiger partial charge on any atom is -0.496 e. The Kier molecular flexibility index (Phi) is 4.10. The first-order chi connectivity index (χ1) is 14.2. The lowest BCUT2D eigenvalue weighted by Gasteiger charge is -2.27. The van der Waals surface area contributed by atoms with E-state index in [2.05, 4.69) is 29.8 Å². The van der Waals surface area contributed by atoms with Crippen LogP contribution in [-0.2, 0) is 13.0 Å². The number of H-pyrrole nitrogens is 1. The average Bonchev–Trinajstić information content (AvgIpc) is 3.23. The number of hydrogen-bond donors (Lipinski definition) is 2. The molecule has 1 atom stereocenters. The van der Waals surface area contributed by atoms with Crippen molar-refractivity contribution in [2.45, 2.75) is 19.0 Å². The molecular formula is C23H21N3O2S. The molecule has 146 valence electrons. The summed E-state index contributed by atoms with van der Waals surface area (Å²) in [6, 6.07) is 16.0. The largest absolute Gasteiger partial charge is 0.496 e. The summed E-state index contributed by atoms with van der Waals surface area (Å²) in [5.41, 5.74) is 5.14. The van der Waals surface area contributed by atoms with E-state index >= 15 is 0 Å². The van der Waals surface area contributed by atoms with Crippen molar-refractivity contribution in [2.75, 3.05) is 7.11 Å². The molecule has 0 radical (unpaired) electrons. The van der Waals surface area contributed by atoms with Crippen molar-refractivity contribution < 1.29 is 9.84 Å². The van der Waals surface area contributed by atoms with Crippen molar-refractivity contribution in [3.63, 3.8) is 0 Å². The number of aromatic hydroxyl groups is 1. The van der Waals surface area contributed by atoms with E-state index in [4.69, 9.17) is 17.0 Å². The maximum Gasteiger partial charge on any atom is 0.214 e. The summed E-state index contributed by atoms with van der Waals surface area (Å²) in [6.07, 6.45) is 2.35. The highest BCUT2D eigenvalue weighted by atomic mass is 32.1. The minimum atomic E-state index is -0.221. The van der Waals surface area contributed by atoms with Gasteiger partial charge in [-0.2, -0.15) is 0 Å². The first-order valence-electron chi connectivity index (χ1n) is 9.51. The van der Waals surface area contributed by atoms with E-state index < -0.39 is 0 Å². The Labute approximate surface area is 173 Å². The molecule has 3 heterocycles. The zero-order valence-electron chi connectivity index (χ0n) is 16.1. The van der Waals surface area contributed by atoms with Crippen LogP contribution < -0.4 is 4.74 Å². The van der Waals surface area contributed by atoms with Crippen LogP contribution in [0.5, 0.6) is 11.6 Å². The number of fused-ring (bicyclic) bond motifs is 4. The Balaban J connectivity index is 1.87. The second-order valence-electron chi connectivity index (χ2n) is 7.21. The van der Waals surface area contributed by atoms with E-state index in [0.29, 0.717) is 17.7 Å². The van der Waals surface area contributed by atoms with Crippen molar-refractivity contribution in [3.8, 4) is 11.6 Å². The normalized spacial score (nSPS) is 15.1. The van der Waals surface area contributed by atoms with Crippen LogP contribution in [0.4, 0.5) is 0 Å². The van der Waals surface area contributed by atoms with Gasteiger partial charge in [-0.3, -0.25) is 4.57 Å². The zero-order valence-corrected chi connectivity index (χ0v) is 16.9. The summed E-state index contributed by atoms with van der Waals surface area (Å²) in [7, 11) is 1.67. The number of aromatic nitrogens is 3. The number of hydrogen-bond acceptors (Lipinski definition) is 3. The Hall–Kier alpha value is -3.25. The molecule has 29 heavy (non-hydrogen) atoms. The third-order valence-corrected chi connectivity index (χ3v) is 6.13. The van der Waals surface area contributed by atoms with Gasteiger partial charge in [0.15, 0.2) is 4.77 Å². The van der Waals surface area contributed by atoms with E-state index in [1.807, 2.05) is 34.9 Å². The summed E-state index contributed by atoms with van der Waals surface area (Å²) in [4.78, 5) is 3.61. The fourth-order valence-corrected chi connectivity index (χ4v) is 4.83. The predicted octanol–water partition coefficient (Wildman–Crippen LogP) is 4.94. The van der Waals surface area contributed by atoms with Gasteiger partial charge in [-0.15, -0.1) is 6.58 Å². The zero-order chi connectivity index (χ0) is 20.1. The van der Waals surface area contributed by atoms with Crippen LogP contribution in [-0.4, -0.2) is 26.3 Å². The van der Waals surface area contributed by atoms with Crippen LogP contribution in [0, 0.1) is 4.77 Å². The molecule has 2 aromatic carbocycles. The Bertz CT molecular complexity index is 1310. The van der Waals surface area contributed by atoms with Gasteiger partial charge >= 0.3 is 0 Å². The molecular weight excluding hydrogens is 382 g/mol. The number of nitrogens with one attached hydrogen (secondary N) is 1. The van der Waals surface area contributed by atoms with E-state index in [9.17, 15) is 5.11 Å². The average molecular weight is 404 g/mol. The molecule has 1 aliphatic heterocycles. The van der Waals surface area contributed by atoms with Gasteiger partial charge in [0.2, 0.25) is 5.88 Å². The number of para-hydroxylation sites is 2. The number of allylic oxidation sites excluding steroid dienone is 1. The first-order valence-corrected chi connectivity index (χ1v) is 9.92. The molecule has 0 spiro atoms. The topological polar surface area (TPSA) is 55.1 Å². The monoisotopic (exact) mass is 403 g/mol. The number of benzene rings is 2. The van der Waals surface area contributed by atoms with Gasteiger partial charge in [0.05, 0.1) is 12.8 Å². The SMILES string of the molecule is C=CCn1c(O)c2n(c1=S)C(c1ccccc1OC)c1[nH]c3ccccc3c1C2. The molecule has 0 amide bonds. The molecule has 0 fully saturated rings. The van der Waals surface area contributed by atoms with Gasteiger partial charge < -0.3 is 19.4 Å². The third kappa shape index (κ3) is 2.49. The fraction of sp³-hybridized carbons (Fsp3) is 0.174. The summed E-state index contributed by atoms with van der Waals surface area (Å²) in [5, 5.41) is 12.2. The lowest BCUT2D eigenvalue weighted by Crippen LogP contribution is -2.22. The number of nitrogens with zero attached hydrogens (tertiary/aromatic N) is 2. The molecule has 1 aliphatic rings. The van der Waals surface area contributed by atoms with Crippen LogP contribution in [0.25, 0.3) is 10.9 Å². The van der Waals surface area contributed by atoms with Crippen LogP contribution in [0.3, 0.4) is 0 Å². The summed E-state index contributed by atoms with van der Waals surface area (Å²) < 4.78 is 10.0. The summed E-state index contributed by atoms with van der Waals surface area (Å²) in [6.45, 7) is 4.26. The smallest absolute Gasteiger partial charge is 0.214 e. The molecule has 1 unspecified atom stereocenters. The van der Waals surface area contributed by atoms with Crippen LogP contribution in [0.2, 0.25) is 0 Å². The number of ether oxygens (including phenoxy) is 1. The van der Waals surface area contributed by atoms with Gasteiger partial charge in [0.25, 0.3) is 0 Å². The van der Waals surface area contributed by atoms with E-state index in [0.717, 1.165) is 33.6 Å². The molecule has 0 bridgehead atoms. The van der Waals surface area contributed by atoms with Gasteiger partial charge in [-0.1, -0.05) is 42.5 Å². The van der Waals surface area contributed by atoms with Gasteiger partial charge in [-0.05, 0) is 29.9 Å². The first kappa shape index (κ1) is 17.8. The fourth-order valence-electron chi connectivity index (χ4n) is 4.45. The number of imidazole rings is 1. The summed E-state index contributed by atoms with van der Waals surface area (Å²) in [5.74, 6) is 0.985. The molecule has 0 saturated heterocycles. The molecule has 0 saturated carbocycles. The molecule has 2 N–H and O–H groups in total. The molecule has 5 nitrogen and oxygen atoms in total. The van der Waals surface area contributed by atoms with Gasteiger partial charge in [-0.25, -0.2) is 0 Å². The van der Waals surface area contributed by atoms with Crippen molar-refractivity contribution in [1.82, 2.24) is 14.1 Å². The number of rotatable bonds is 4.